The molecule has 3 aromatic heterocycles. The third-order valence-electron chi connectivity index (χ3n) is 4.09. The minimum absolute atomic E-state index is 0. The molecule has 0 unspecified atom stereocenters. The number of rotatable bonds is 7. The predicted octanol–water partition coefficient (Wildman–Crippen LogP) is 3.09. The van der Waals surface area contributed by atoms with E-state index in [0.717, 1.165) is 49.8 Å². The summed E-state index contributed by atoms with van der Waals surface area (Å²) in [5.74, 6) is 1.93. The molecule has 0 aliphatic carbocycles. The Balaban J connectivity index is 0.00000243. The highest BCUT2D eigenvalue weighted by Crippen LogP contribution is 2.09. The summed E-state index contributed by atoms with van der Waals surface area (Å²) in [4.78, 5) is 7.95. The van der Waals surface area contributed by atoms with E-state index in [4.69, 9.17) is 0 Å². The molecule has 3 heterocycles. The van der Waals surface area contributed by atoms with E-state index in [1.807, 2.05) is 35.8 Å². The molecule has 0 atom stereocenters. The fraction of sp³-hybridized carbons (Fsp3) is 0.389. The van der Waals surface area contributed by atoms with Crippen molar-refractivity contribution in [2.75, 3.05) is 27.2 Å². The fourth-order valence-corrected chi connectivity index (χ4v) is 3.43. The van der Waals surface area contributed by atoms with Crippen LogP contribution in [0.3, 0.4) is 0 Å². The molecule has 0 aromatic carbocycles. The van der Waals surface area contributed by atoms with Crippen LogP contribution in [0.1, 0.15) is 17.1 Å². The molecule has 3 aromatic rings. The van der Waals surface area contributed by atoms with Crippen molar-refractivity contribution in [2.24, 2.45) is 4.99 Å². The number of guanidine groups is 1. The van der Waals surface area contributed by atoms with Gasteiger partial charge in [0.1, 0.15) is 5.82 Å². The van der Waals surface area contributed by atoms with E-state index < -0.39 is 0 Å². The lowest BCUT2D eigenvalue weighted by Gasteiger charge is -2.21. The quantitative estimate of drug-likeness (QED) is 0.243. The number of thiophene rings is 1. The smallest absolute Gasteiger partial charge is 0.193 e. The number of halogens is 1. The van der Waals surface area contributed by atoms with Gasteiger partial charge in [-0.2, -0.15) is 0 Å². The molecule has 0 fully saturated rings. The van der Waals surface area contributed by atoms with Crippen LogP contribution in [0, 0.1) is 0 Å². The molecular weight excluding hydrogens is 459 g/mol. The van der Waals surface area contributed by atoms with Crippen LogP contribution in [-0.4, -0.2) is 52.6 Å². The third-order valence-corrected chi connectivity index (χ3v) is 5.03. The Kier molecular flexibility index (Phi) is 8.30. The Morgan fingerprint density at radius 1 is 1.23 bits per heavy atom. The summed E-state index contributed by atoms with van der Waals surface area (Å²) in [5, 5.41) is 14.0. The van der Waals surface area contributed by atoms with E-state index in [1.54, 1.807) is 11.3 Å². The molecule has 8 heteroatoms. The van der Waals surface area contributed by atoms with Gasteiger partial charge in [-0.1, -0.05) is 12.1 Å². The molecule has 0 aliphatic rings. The summed E-state index contributed by atoms with van der Waals surface area (Å²) in [6.07, 6.45) is 4.91. The van der Waals surface area contributed by atoms with Gasteiger partial charge in [0.25, 0.3) is 0 Å². The summed E-state index contributed by atoms with van der Waals surface area (Å²) < 4.78 is 2.04. The van der Waals surface area contributed by atoms with Gasteiger partial charge in [-0.3, -0.25) is 9.39 Å². The number of fused-ring (bicyclic) bond motifs is 1. The molecule has 0 spiro atoms. The number of aromatic nitrogens is 3. The highest BCUT2D eigenvalue weighted by molar-refractivity contribution is 14.0. The Bertz CT molecular complexity index is 814. The number of nitrogens with one attached hydrogen (secondary N) is 1. The number of hydrogen-bond acceptors (Lipinski definition) is 4. The third kappa shape index (κ3) is 5.41. The van der Waals surface area contributed by atoms with Gasteiger partial charge in [0.05, 0.1) is 0 Å². The van der Waals surface area contributed by atoms with Crippen molar-refractivity contribution in [3.05, 3.63) is 52.6 Å². The molecule has 0 aliphatic heterocycles. The number of aliphatic imine (C=N–C) groups is 1. The van der Waals surface area contributed by atoms with Crippen molar-refractivity contribution in [1.29, 1.82) is 0 Å². The minimum Gasteiger partial charge on any atom is -0.356 e. The molecule has 0 saturated heterocycles. The molecule has 0 amide bonds. The highest BCUT2D eigenvalue weighted by Gasteiger charge is 2.07. The van der Waals surface area contributed by atoms with E-state index >= 15 is 0 Å². The van der Waals surface area contributed by atoms with Gasteiger partial charge in [-0.15, -0.1) is 45.5 Å². The zero-order valence-corrected chi connectivity index (χ0v) is 18.3. The lowest BCUT2D eigenvalue weighted by molar-refractivity contribution is 0.485. The monoisotopic (exact) mass is 484 g/mol. The maximum absolute atomic E-state index is 4.37. The largest absolute Gasteiger partial charge is 0.356 e. The molecule has 6 nitrogen and oxygen atoms in total. The summed E-state index contributed by atoms with van der Waals surface area (Å²) in [6.45, 7) is 1.81. The topological polar surface area (TPSA) is 57.8 Å². The standard InChI is InChI=1S/C18H24N6S.HI/c1-19-18(23(2)13-10-15-7-6-14-25-15)20-11-5-9-17-22-21-16-8-3-4-12-24(16)17;/h3-4,6-8,12,14H,5,9-11,13H2,1-2H3,(H,19,20);1H. The van der Waals surface area contributed by atoms with Crippen molar-refractivity contribution >= 4 is 46.9 Å². The van der Waals surface area contributed by atoms with Crippen LogP contribution in [-0.2, 0) is 12.8 Å². The van der Waals surface area contributed by atoms with Crippen LogP contribution in [0.25, 0.3) is 5.65 Å². The molecule has 3 rings (SSSR count). The Morgan fingerprint density at radius 2 is 2.12 bits per heavy atom. The lowest BCUT2D eigenvalue weighted by atomic mass is 10.3. The summed E-state index contributed by atoms with van der Waals surface area (Å²) in [7, 11) is 3.91. The van der Waals surface area contributed by atoms with E-state index in [9.17, 15) is 0 Å². The normalized spacial score (nSPS) is 11.4. The zero-order valence-electron chi connectivity index (χ0n) is 15.1. The molecule has 0 bridgehead atoms. The van der Waals surface area contributed by atoms with Crippen LogP contribution in [0.2, 0.25) is 0 Å². The molecular formula is C18H25IN6S. The van der Waals surface area contributed by atoms with Crippen molar-refractivity contribution in [2.45, 2.75) is 19.3 Å². The SMILES string of the molecule is CN=C(NCCCc1nnc2ccccn12)N(C)CCc1cccs1.I. The number of hydrogen-bond donors (Lipinski definition) is 1. The molecule has 0 saturated carbocycles. The summed E-state index contributed by atoms with van der Waals surface area (Å²) in [5.41, 5.74) is 0.898. The van der Waals surface area contributed by atoms with Crippen LogP contribution >= 0.6 is 35.3 Å². The highest BCUT2D eigenvalue weighted by atomic mass is 127. The average molecular weight is 484 g/mol. The van der Waals surface area contributed by atoms with Gasteiger partial charge in [0, 0.05) is 44.7 Å². The zero-order chi connectivity index (χ0) is 17.5. The second-order valence-corrected chi connectivity index (χ2v) is 6.91. The first-order valence-corrected chi connectivity index (χ1v) is 9.38. The molecule has 140 valence electrons. The second kappa shape index (κ2) is 10.5. The van der Waals surface area contributed by atoms with Crippen LogP contribution < -0.4 is 5.32 Å². The number of nitrogens with zero attached hydrogens (tertiary/aromatic N) is 5. The van der Waals surface area contributed by atoms with Crippen LogP contribution in [0.5, 0.6) is 0 Å². The Hall–Kier alpha value is -1.68. The van der Waals surface area contributed by atoms with Crippen molar-refractivity contribution in [3.8, 4) is 0 Å². The van der Waals surface area contributed by atoms with Crippen LogP contribution in [0.15, 0.2) is 46.9 Å². The summed E-state index contributed by atoms with van der Waals surface area (Å²) in [6, 6.07) is 10.2. The summed E-state index contributed by atoms with van der Waals surface area (Å²) >= 11 is 1.80. The van der Waals surface area contributed by atoms with Gasteiger partial charge in [-0.25, -0.2) is 0 Å². The van der Waals surface area contributed by atoms with Gasteiger partial charge < -0.3 is 10.2 Å². The Morgan fingerprint density at radius 3 is 2.88 bits per heavy atom. The average Bonchev–Trinajstić information content (AvgIpc) is 3.30. The van der Waals surface area contributed by atoms with Crippen molar-refractivity contribution in [3.63, 3.8) is 0 Å². The van der Waals surface area contributed by atoms with E-state index in [0.29, 0.717) is 0 Å². The minimum atomic E-state index is 0. The Labute approximate surface area is 175 Å². The maximum Gasteiger partial charge on any atom is 0.193 e. The van der Waals surface area contributed by atoms with Gasteiger partial charge >= 0.3 is 0 Å². The maximum atomic E-state index is 4.37. The molecule has 1 N–H and O–H groups in total. The van der Waals surface area contributed by atoms with Crippen molar-refractivity contribution in [1.82, 2.24) is 24.8 Å². The molecule has 26 heavy (non-hydrogen) atoms. The van der Waals surface area contributed by atoms with Crippen molar-refractivity contribution < 1.29 is 0 Å². The number of aryl methyl sites for hydroxylation is 1. The van der Waals surface area contributed by atoms with E-state index in [2.05, 4.69) is 50.0 Å². The van der Waals surface area contributed by atoms with Gasteiger partial charge in [0.15, 0.2) is 11.6 Å². The first-order chi connectivity index (χ1) is 12.3. The fourth-order valence-electron chi connectivity index (χ4n) is 2.73. The number of likely N-dealkylation sites (N-methyl/N-ethyl adjacent to an activating group) is 1. The van der Waals surface area contributed by atoms with E-state index in [1.165, 1.54) is 4.88 Å². The second-order valence-electron chi connectivity index (χ2n) is 5.87. The van der Waals surface area contributed by atoms with Gasteiger partial charge in [-0.05, 0) is 36.4 Å². The lowest BCUT2D eigenvalue weighted by Crippen LogP contribution is -2.40. The van der Waals surface area contributed by atoms with Crippen LogP contribution in [0.4, 0.5) is 0 Å². The molecule has 0 radical (unpaired) electrons. The van der Waals surface area contributed by atoms with E-state index in [-0.39, 0.29) is 24.0 Å². The van der Waals surface area contributed by atoms with Gasteiger partial charge in [0.2, 0.25) is 0 Å². The number of pyridine rings is 1. The first-order valence-electron chi connectivity index (χ1n) is 8.50. The first kappa shape index (κ1) is 20.6. The predicted molar refractivity (Wildman–Crippen MR) is 119 cm³/mol.